The third kappa shape index (κ3) is 2.62. The molecule has 1 atom stereocenters. The van der Waals surface area contributed by atoms with Crippen LogP contribution in [0.2, 0.25) is 0 Å². The maximum atomic E-state index is 4.48. The highest BCUT2D eigenvalue weighted by Gasteiger charge is 2.10. The molecule has 0 fully saturated rings. The first kappa shape index (κ1) is 12.2. The summed E-state index contributed by atoms with van der Waals surface area (Å²) in [4.78, 5) is 4.48. The summed E-state index contributed by atoms with van der Waals surface area (Å²) in [6.45, 7) is 3.17. The lowest BCUT2D eigenvalue weighted by molar-refractivity contribution is 0.504. The van der Waals surface area contributed by atoms with Crippen LogP contribution in [0.1, 0.15) is 24.8 Å². The molecule has 0 aliphatic heterocycles. The average molecular weight is 252 g/mol. The van der Waals surface area contributed by atoms with Crippen molar-refractivity contribution in [1.82, 2.24) is 4.98 Å². The molecular formula is C17H20N2. The minimum absolute atomic E-state index is 0.762. The Hall–Kier alpha value is -1.83. The molecule has 0 spiro atoms. The van der Waals surface area contributed by atoms with Crippen LogP contribution in [0.15, 0.2) is 42.6 Å². The highest BCUT2D eigenvalue weighted by Crippen LogP contribution is 2.26. The number of hydrogen-bond donors (Lipinski definition) is 1. The number of hydrogen-bond acceptors (Lipinski definition) is 2. The van der Waals surface area contributed by atoms with Gasteiger partial charge in [0.1, 0.15) is 0 Å². The molecule has 1 N–H and O–H groups in total. The van der Waals surface area contributed by atoms with Crippen molar-refractivity contribution >= 4 is 16.6 Å². The van der Waals surface area contributed by atoms with Gasteiger partial charge >= 0.3 is 0 Å². The maximum Gasteiger partial charge on any atom is 0.0751 e. The molecule has 19 heavy (non-hydrogen) atoms. The minimum atomic E-state index is 0.762. The molecule has 2 heteroatoms. The van der Waals surface area contributed by atoms with Crippen LogP contribution in [0.25, 0.3) is 10.9 Å². The van der Waals surface area contributed by atoms with Crippen LogP contribution in [-0.4, -0.2) is 11.5 Å². The maximum absolute atomic E-state index is 4.48. The number of pyridine rings is 1. The van der Waals surface area contributed by atoms with Gasteiger partial charge in [-0.25, -0.2) is 0 Å². The first-order valence-electron chi connectivity index (χ1n) is 7.08. The Labute approximate surface area is 114 Å². The van der Waals surface area contributed by atoms with E-state index in [-0.39, 0.29) is 0 Å². The van der Waals surface area contributed by atoms with Crippen molar-refractivity contribution in [2.75, 3.05) is 11.9 Å². The number of rotatable bonds is 3. The molecule has 3 rings (SSSR count). The molecule has 2 nitrogen and oxygen atoms in total. The van der Waals surface area contributed by atoms with Gasteiger partial charge in [0, 0.05) is 23.8 Å². The number of benzene rings is 1. The zero-order chi connectivity index (χ0) is 13.1. The molecule has 0 saturated carbocycles. The van der Waals surface area contributed by atoms with E-state index in [0.717, 1.165) is 18.0 Å². The van der Waals surface area contributed by atoms with E-state index in [4.69, 9.17) is 0 Å². The second kappa shape index (κ2) is 5.43. The van der Waals surface area contributed by atoms with Crippen molar-refractivity contribution in [2.24, 2.45) is 5.92 Å². The molecule has 1 aromatic carbocycles. The Morgan fingerprint density at radius 2 is 2.21 bits per heavy atom. The van der Waals surface area contributed by atoms with Gasteiger partial charge < -0.3 is 5.32 Å². The van der Waals surface area contributed by atoms with Crippen LogP contribution in [0.4, 0.5) is 5.69 Å². The molecule has 1 unspecified atom stereocenters. The molecule has 98 valence electrons. The van der Waals surface area contributed by atoms with Crippen molar-refractivity contribution in [3.63, 3.8) is 0 Å². The summed E-state index contributed by atoms with van der Waals surface area (Å²) in [6, 6.07) is 8.49. The highest BCUT2D eigenvalue weighted by molar-refractivity contribution is 5.93. The molecule has 1 aliphatic carbocycles. The quantitative estimate of drug-likeness (QED) is 0.823. The smallest absolute Gasteiger partial charge is 0.0751 e. The summed E-state index contributed by atoms with van der Waals surface area (Å²) in [5.41, 5.74) is 3.56. The van der Waals surface area contributed by atoms with Gasteiger partial charge in [0.05, 0.1) is 5.52 Å². The van der Waals surface area contributed by atoms with Crippen molar-refractivity contribution in [1.29, 1.82) is 0 Å². The zero-order valence-electron chi connectivity index (χ0n) is 11.4. The molecular weight excluding hydrogens is 232 g/mol. The molecule has 0 amide bonds. The van der Waals surface area contributed by atoms with Crippen LogP contribution in [0.3, 0.4) is 0 Å². The van der Waals surface area contributed by atoms with Crippen molar-refractivity contribution in [3.05, 3.63) is 48.2 Å². The number of aromatic nitrogens is 1. The Balaban J connectivity index is 1.81. The van der Waals surface area contributed by atoms with Gasteiger partial charge in [-0.15, -0.1) is 0 Å². The predicted octanol–water partition coefficient (Wildman–Crippen LogP) is 4.31. The number of allylic oxidation sites excluding steroid dienone is 2. The monoisotopic (exact) mass is 252 g/mol. The molecule has 2 aromatic rings. The Morgan fingerprint density at radius 3 is 3.05 bits per heavy atom. The summed E-state index contributed by atoms with van der Waals surface area (Å²) < 4.78 is 0. The van der Waals surface area contributed by atoms with E-state index in [0.29, 0.717) is 0 Å². The second-order valence-electron chi connectivity index (χ2n) is 5.36. The fourth-order valence-electron chi connectivity index (χ4n) is 2.76. The Bertz CT molecular complexity index is 601. The van der Waals surface area contributed by atoms with Crippen LogP contribution in [-0.2, 0) is 0 Å². The summed E-state index contributed by atoms with van der Waals surface area (Å²) in [5.74, 6) is 0.762. The van der Waals surface area contributed by atoms with E-state index in [1.165, 1.54) is 35.9 Å². The fraction of sp³-hybridized carbons (Fsp3) is 0.353. The lowest BCUT2D eigenvalue weighted by Gasteiger charge is -2.19. The summed E-state index contributed by atoms with van der Waals surface area (Å²) in [7, 11) is 0. The predicted molar refractivity (Wildman–Crippen MR) is 81.5 cm³/mol. The second-order valence-corrected chi connectivity index (χ2v) is 5.36. The number of anilines is 1. The number of nitrogens with one attached hydrogen (secondary N) is 1. The lowest BCUT2D eigenvalue weighted by Crippen LogP contribution is -2.15. The number of aryl methyl sites for hydroxylation is 1. The number of fused-ring (bicyclic) bond motifs is 1. The standard InChI is InChI=1S/C17H20N2/c1-13-9-10-16(15-8-5-11-18-17(13)15)19-12-14-6-3-2-4-7-14/h2-3,5,8-11,14,19H,4,6-7,12H2,1H3. The normalized spacial score (nSPS) is 18.7. The third-order valence-corrected chi connectivity index (χ3v) is 3.93. The van der Waals surface area contributed by atoms with Crippen LogP contribution >= 0.6 is 0 Å². The van der Waals surface area contributed by atoms with Gasteiger partial charge in [0.2, 0.25) is 0 Å². The largest absolute Gasteiger partial charge is 0.384 e. The first-order chi connectivity index (χ1) is 9.34. The van der Waals surface area contributed by atoms with Gasteiger partial charge in [-0.3, -0.25) is 4.98 Å². The van der Waals surface area contributed by atoms with Gasteiger partial charge in [-0.1, -0.05) is 18.2 Å². The first-order valence-corrected chi connectivity index (χ1v) is 7.08. The molecule has 0 radical (unpaired) electrons. The van der Waals surface area contributed by atoms with E-state index >= 15 is 0 Å². The molecule has 0 bridgehead atoms. The van der Waals surface area contributed by atoms with Crippen molar-refractivity contribution < 1.29 is 0 Å². The molecule has 0 saturated heterocycles. The molecule has 1 aliphatic rings. The van der Waals surface area contributed by atoms with E-state index in [1.54, 1.807) is 0 Å². The van der Waals surface area contributed by atoms with E-state index in [2.05, 4.69) is 47.6 Å². The Morgan fingerprint density at radius 1 is 1.26 bits per heavy atom. The van der Waals surface area contributed by atoms with Gasteiger partial charge in [0.25, 0.3) is 0 Å². The van der Waals surface area contributed by atoms with Crippen LogP contribution < -0.4 is 5.32 Å². The van der Waals surface area contributed by atoms with Gasteiger partial charge in [-0.05, 0) is 55.9 Å². The fourth-order valence-corrected chi connectivity index (χ4v) is 2.76. The number of nitrogens with zero attached hydrogens (tertiary/aromatic N) is 1. The van der Waals surface area contributed by atoms with Crippen LogP contribution in [0.5, 0.6) is 0 Å². The molecule has 1 aromatic heterocycles. The molecule has 1 heterocycles. The SMILES string of the molecule is Cc1ccc(NCC2CC=CCC2)c2cccnc12. The Kier molecular flexibility index (Phi) is 3.49. The highest BCUT2D eigenvalue weighted by atomic mass is 14.9. The van der Waals surface area contributed by atoms with Crippen molar-refractivity contribution in [2.45, 2.75) is 26.2 Å². The summed E-state index contributed by atoms with van der Waals surface area (Å²) in [6.07, 6.45) is 10.2. The lowest BCUT2D eigenvalue weighted by atomic mass is 9.94. The van der Waals surface area contributed by atoms with E-state index < -0.39 is 0 Å². The minimum Gasteiger partial charge on any atom is -0.384 e. The topological polar surface area (TPSA) is 24.9 Å². The third-order valence-electron chi connectivity index (χ3n) is 3.93. The van der Waals surface area contributed by atoms with Crippen LogP contribution in [0, 0.1) is 12.8 Å². The van der Waals surface area contributed by atoms with Gasteiger partial charge in [0.15, 0.2) is 0 Å². The summed E-state index contributed by atoms with van der Waals surface area (Å²) >= 11 is 0. The van der Waals surface area contributed by atoms with Gasteiger partial charge in [-0.2, -0.15) is 0 Å². The zero-order valence-corrected chi connectivity index (χ0v) is 11.4. The average Bonchev–Trinajstić information content (AvgIpc) is 2.48. The van der Waals surface area contributed by atoms with Crippen molar-refractivity contribution in [3.8, 4) is 0 Å². The summed E-state index contributed by atoms with van der Waals surface area (Å²) in [5, 5.41) is 4.84. The van der Waals surface area contributed by atoms with E-state index in [1.807, 2.05) is 12.3 Å². The van der Waals surface area contributed by atoms with E-state index in [9.17, 15) is 0 Å².